The molecule has 3 nitrogen and oxygen atoms in total. The molecule has 1 aliphatic carbocycles. The summed E-state index contributed by atoms with van der Waals surface area (Å²) in [5.41, 5.74) is 26.8. The zero-order chi connectivity index (χ0) is 61.3. The van der Waals surface area contributed by atoms with Gasteiger partial charge in [-0.15, -0.1) is 11.3 Å². The molecule has 0 bridgehead atoms. The van der Waals surface area contributed by atoms with Crippen LogP contribution < -0.4 is 31.1 Å². The average Bonchev–Trinajstić information content (AvgIpc) is 1.58. The van der Waals surface area contributed by atoms with Crippen molar-refractivity contribution in [2.24, 2.45) is 0 Å². The minimum absolute atomic E-state index is 0.00402. The second-order valence-corrected chi connectivity index (χ2v) is 32.9. The van der Waals surface area contributed by atoms with Gasteiger partial charge in [-0.05, 0) is 185 Å². The van der Waals surface area contributed by atoms with Crippen LogP contribution in [0.4, 0.5) is 45.5 Å². The molecule has 0 amide bonds. The average molecular weight is 1160 g/mol. The molecule has 0 spiro atoms. The van der Waals surface area contributed by atoms with Gasteiger partial charge in [0, 0.05) is 60.1 Å². The SMILES string of the molecule is CC(C)(C)c1ccc(N(c2ccc(C(C)(C)C)cc2)c2cc3c4c(c2)N2c5c(cc(C(C)(C)C)cc5C5(C)CCCCC25C)B4c2c(ccc4sc5cc(C(C)(C)C)ccc5c24)N3c2c(-c3ccccc3)cc(C(C)(C)C)cc2-c2ccccc2)cc1. The van der Waals surface area contributed by atoms with Gasteiger partial charge in [0.2, 0.25) is 0 Å². The van der Waals surface area contributed by atoms with E-state index in [0.29, 0.717) is 0 Å². The van der Waals surface area contributed by atoms with Crippen molar-refractivity contribution in [3.05, 3.63) is 209 Å². The Morgan fingerprint density at radius 2 is 0.931 bits per heavy atom. The van der Waals surface area contributed by atoms with E-state index in [1.165, 1.54) is 133 Å². The molecule has 4 heterocycles. The summed E-state index contributed by atoms with van der Waals surface area (Å²) >= 11 is 1.97. The highest BCUT2D eigenvalue weighted by Crippen LogP contribution is 2.64. The Bertz CT molecular complexity index is 4260. The van der Waals surface area contributed by atoms with E-state index in [2.05, 4.69) is 308 Å². The molecule has 440 valence electrons. The van der Waals surface area contributed by atoms with Crippen molar-refractivity contribution in [3.63, 3.8) is 0 Å². The molecule has 9 aromatic carbocycles. The summed E-state index contributed by atoms with van der Waals surface area (Å²) < 4.78 is 2.69. The fourth-order valence-electron chi connectivity index (χ4n) is 15.6. The molecule has 2 atom stereocenters. The van der Waals surface area contributed by atoms with Crippen LogP contribution in [0, 0.1) is 0 Å². The van der Waals surface area contributed by atoms with Crippen LogP contribution in [0.1, 0.15) is 177 Å². The lowest BCUT2D eigenvalue weighted by Crippen LogP contribution is -2.64. The van der Waals surface area contributed by atoms with Crippen LogP contribution in [-0.2, 0) is 32.5 Å². The van der Waals surface area contributed by atoms with Crippen molar-refractivity contribution in [2.75, 3.05) is 14.7 Å². The lowest BCUT2D eigenvalue weighted by Gasteiger charge is -2.53. The molecule has 87 heavy (non-hydrogen) atoms. The molecule has 4 aliphatic rings. The molecule has 0 N–H and O–H groups in total. The molecule has 2 unspecified atom stereocenters. The van der Waals surface area contributed by atoms with Crippen LogP contribution in [0.2, 0.25) is 0 Å². The maximum atomic E-state index is 2.95. The highest BCUT2D eigenvalue weighted by molar-refractivity contribution is 7.26. The van der Waals surface area contributed by atoms with Gasteiger partial charge in [0.25, 0.3) is 6.71 Å². The second-order valence-electron chi connectivity index (χ2n) is 31.8. The summed E-state index contributed by atoms with van der Waals surface area (Å²) in [6.07, 6.45) is 4.68. The van der Waals surface area contributed by atoms with Crippen molar-refractivity contribution in [1.82, 2.24) is 0 Å². The number of hydrogen-bond donors (Lipinski definition) is 0. The molecule has 5 heteroatoms. The van der Waals surface area contributed by atoms with Crippen LogP contribution >= 0.6 is 11.3 Å². The summed E-state index contributed by atoms with van der Waals surface area (Å²) in [5.74, 6) is 0. The van der Waals surface area contributed by atoms with E-state index >= 15 is 0 Å². The van der Waals surface area contributed by atoms with E-state index < -0.39 is 0 Å². The van der Waals surface area contributed by atoms with Gasteiger partial charge in [0.15, 0.2) is 0 Å². The van der Waals surface area contributed by atoms with Gasteiger partial charge in [-0.1, -0.05) is 233 Å². The van der Waals surface area contributed by atoms with Crippen molar-refractivity contribution in [3.8, 4) is 22.3 Å². The molecule has 3 aliphatic heterocycles. The Labute approximate surface area is 524 Å². The molecular formula is C82H88BN3S. The third kappa shape index (κ3) is 9.00. The molecular weight excluding hydrogens is 1070 g/mol. The number of thiophene rings is 1. The molecule has 1 fully saturated rings. The first-order valence-electron chi connectivity index (χ1n) is 32.3. The van der Waals surface area contributed by atoms with Gasteiger partial charge in [-0.25, -0.2) is 0 Å². The minimum atomic E-state index is -0.210. The number of fused-ring (bicyclic) bond motifs is 11. The Morgan fingerprint density at radius 3 is 1.47 bits per heavy atom. The lowest BCUT2D eigenvalue weighted by atomic mass is 9.32. The first-order chi connectivity index (χ1) is 41.0. The van der Waals surface area contributed by atoms with Crippen molar-refractivity contribution in [1.29, 1.82) is 0 Å². The number of anilines is 8. The third-order valence-electron chi connectivity index (χ3n) is 21.0. The summed E-state index contributed by atoms with van der Waals surface area (Å²) in [6.45, 7) is 40.7. The highest BCUT2D eigenvalue weighted by Gasteiger charge is 2.62. The van der Waals surface area contributed by atoms with Crippen molar-refractivity contribution >= 4 is 100 Å². The predicted octanol–water partition coefficient (Wildman–Crippen LogP) is 21.7. The topological polar surface area (TPSA) is 9.72 Å². The molecule has 0 radical (unpaired) electrons. The maximum absolute atomic E-state index is 2.95. The summed E-state index contributed by atoms with van der Waals surface area (Å²) in [4.78, 5) is 8.33. The normalized spacial score (nSPS) is 18.2. The standard InChI is InChI=1S/C82H88BN3S/c1-76(2,3)53-30-35-58(36-31-53)84(59-37-32-54(33-38-59)77(4,5)6)60-49-67-72-68(50-60)86-75-64(81(16)42-24-25-43-82(81,86)17)46-57(80(13,14)15)47-65(75)83(72)73-66(40-41-69-71(73)61-39-34-55(78(7,8)9)48-70(61)87-69)85(67)74-62(51-26-20-18-21-27-51)44-56(79(10,11)12)45-63(74)52-28-22-19-23-29-52/h18-23,26-41,44-50H,24-25,42-43H2,1-17H3. The zero-order valence-corrected chi connectivity index (χ0v) is 55.7. The lowest BCUT2D eigenvalue weighted by molar-refractivity contribution is 0.195. The van der Waals surface area contributed by atoms with E-state index in [0.717, 1.165) is 29.9 Å². The number of nitrogens with zero attached hydrogens (tertiary/aromatic N) is 3. The van der Waals surface area contributed by atoms with E-state index in [4.69, 9.17) is 0 Å². The molecule has 14 rings (SSSR count). The van der Waals surface area contributed by atoms with E-state index in [-0.39, 0.29) is 44.7 Å². The number of hydrogen-bond acceptors (Lipinski definition) is 4. The first-order valence-corrected chi connectivity index (χ1v) is 33.1. The summed E-state index contributed by atoms with van der Waals surface area (Å²) in [5, 5.41) is 2.73. The van der Waals surface area contributed by atoms with Gasteiger partial charge in [0.05, 0.1) is 16.9 Å². The molecule has 0 saturated heterocycles. The van der Waals surface area contributed by atoms with Gasteiger partial charge in [0.1, 0.15) is 0 Å². The van der Waals surface area contributed by atoms with Gasteiger partial charge < -0.3 is 14.7 Å². The minimum Gasteiger partial charge on any atom is -0.335 e. The van der Waals surface area contributed by atoms with Crippen molar-refractivity contribution in [2.45, 2.75) is 181 Å². The zero-order valence-electron chi connectivity index (χ0n) is 54.9. The van der Waals surface area contributed by atoms with Crippen molar-refractivity contribution < 1.29 is 0 Å². The van der Waals surface area contributed by atoms with Crippen LogP contribution in [0.25, 0.3) is 42.4 Å². The number of benzene rings is 9. The Balaban J connectivity index is 1.20. The Hall–Kier alpha value is -7.34. The fraction of sp³-hybridized carbons (Fsp3) is 0.341. The molecule has 10 aromatic rings. The van der Waals surface area contributed by atoms with Gasteiger partial charge >= 0.3 is 0 Å². The maximum Gasteiger partial charge on any atom is 0.253 e. The first kappa shape index (κ1) is 57.4. The van der Waals surface area contributed by atoms with Crippen LogP contribution in [0.15, 0.2) is 176 Å². The van der Waals surface area contributed by atoms with E-state index in [9.17, 15) is 0 Å². The third-order valence-corrected chi connectivity index (χ3v) is 22.1. The quantitative estimate of drug-likeness (QED) is 0.154. The summed E-state index contributed by atoms with van der Waals surface area (Å²) in [6, 6.07) is 69.8. The second kappa shape index (κ2) is 19.6. The van der Waals surface area contributed by atoms with Gasteiger partial charge in [-0.2, -0.15) is 0 Å². The predicted molar refractivity (Wildman–Crippen MR) is 381 cm³/mol. The number of rotatable bonds is 6. The monoisotopic (exact) mass is 1160 g/mol. The fourth-order valence-corrected chi connectivity index (χ4v) is 16.8. The van der Waals surface area contributed by atoms with Crippen LogP contribution in [0.5, 0.6) is 0 Å². The van der Waals surface area contributed by atoms with E-state index in [1.54, 1.807) is 0 Å². The van der Waals surface area contributed by atoms with Gasteiger partial charge in [-0.3, -0.25) is 0 Å². The smallest absolute Gasteiger partial charge is 0.253 e. The Morgan fingerprint density at radius 1 is 0.425 bits per heavy atom. The van der Waals surface area contributed by atoms with Crippen LogP contribution in [-0.4, -0.2) is 12.3 Å². The van der Waals surface area contributed by atoms with E-state index in [1.807, 2.05) is 11.3 Å². The largest absolute Gasteiger partial charge is 0.335 e. The Kier molecular flexibility index (Phi) is 12.9. The summed E-state index contributed by atoms with van der Waals surface area (Å²) in [7, 11) is 0. The van der Waals surface area contributed by atoms with Crippen LogP contribution in [0.3, 0.4) is 0 Å². The molecule has 1 aromatic heterocycles. The molecule has 1 saturated carbocycles. The highest BCUT2D eigenvalue weighted by atomic mass is 32.1.